The number of hydrogen-bond donors (Lipinski definition) is 0. The average molecular weight is 350 g/mol. The Morgan fingerprint density at radius 2 is 2.04 bits per heavy atom. The zero-order valence-corrected chi connectivity index (χ0v) is 14.6. The molecule has 24 heavy (non-hydrogen) atoms. The molecule has 1 aliphatic rings. The maximum absolute atomic E-state index is 12.8. The van der Waals surface area contributed by atoms with Crippen molar-refractivity contribution in [2.24, 2.45) is 0 Å². The summed E-state index contributed by atoms with van der Waals surface area (Å²) in [5.41, 5.74) is 4.22. The van der Waals surface area contributed by atoms with Crippen molar-refractivity contribution in [3.63, 3.8) is 0 Å². The van der Waals surface area contributed by atoms with Crippen LogP contribution in [0.4, 0.5) is 0 Å². The summed E-state index contributed by atoms with van der Waals surface area (Å²) in [6, 6.07) is 7.84. The Morgan fingerprint density at radius 3 is 2.75 bits per heavy atom. The van der Waals surface area contributed by atoms with Gasteiger partial charge in [-0.25, -0.2) is 0 Å². The summed E-state index contributed by atoms with van der Waals surface area (Å²) in [4.78, 5) is 29.0. The second-order valence-corrected chi connectivity index (χ2v) is 5.79. The summed E-state index contributed by atoms with van der Waals surface area (Å²) >= 11 is 0. The molecule has 0 unspecified atom stereocenters. The normalized spacial score (nSPS) is 11.8. The third kappa shape index (κ3) is 2.12. The largest absolute Gasteiger partial charge is 0.357 e. The predicted molar refractivity (Wildman–Crippen MR) is 89.1 cm³/mol. The molecule has 0 bridgehead atoms. The number of nitrogens with zero attached hydrogens (tertiary/aromatic N) is 2. The quantitative estimate of drug-likeness (QED) is 0.296. The van der Waals surface area contributed by atoms with Crippen molar-refractivity contribution in [2.45, 2.75) is 20.3 Å². The van der Waals surface area contributed by atoms with Crippen LogP contribution in [0.1, 0.15) is 34.2 Å². The van der Waals surface area contributed by atoms with Gasteiger partial charge in [0.25, 0.3) is 0 Å². The Labute approximate surface area is 152 Å². The van der Waals surface area contributed by atoms with Gasteiger partial charge in [-0.05, 0) is 30.3 Å². The summed E-state index contributed by atoms with van der Waals surface area (Å²) in [6.45, 7) is 3.19. The fourth-order valence-electron chi connectivity index (χ4n) is 3.31. The van der Waals surface area contributed by atoms with Gasteiger partial charge in [-0.3, -0.25) is 4.79 Å². The molecule has 0 saturated heterocycles. The fraction of sp³-hybridized carbons (Fsp3) is 0.167. The zero-order valence-electron chi connectivity index (χ0n) is 13.3. The standard InChI is InChI=1S/C18H12BN2O2.V/c1-9-16(19)17-12(8-20-9)18(23)15(10(2)22)14-7-11-5-3-4-6-13(11)21(14)17;/h3-6H,7H2,1-2H3;/q-1;. The number of hydrogen-bond acceptors (Lipinski definition) is 3. The number of aromatic nitrogens is 2. The van der Waals surface area contributed by atoms with E-state index >= 15 is 0 Å². The third-order valence-electron chi connectivity index (χ3n) is 4.40. The van der Waals surface area contributed by atoms with E-state index in [2.05, 4.69) is 11.2 Å². The van der Waals surface area contributed by atoms with E-state index in [-0.39, 0.29) is 40.7 Å². The van der Waals surface area contributed by atoms with Gasteiger partial charge in [-0.1, -0.05) is 36.2 Å². The van der Waals surface area contributed by atoms with Crippen molar-refractivity contribution in [1.29, 1.82) is 0 Å². The van der Waals surface area contributed by atoms with Gasteiger partial charge in [-0.15, -0.1) is 5.46 Å². The molecule has 3 aromatic rings. The number of para-hydroxylation sites is 1. The van der Waals surface area contributed by atoms with Crippen molar-refractivity contribution >= 4 is 30.0 Å². The van der Waals surface area contributed by atoms with Gasteiger partial charge in [0, 0.05) is 41.9 Å². The first-order valence-corrected chi connectivity index (χ1v) is 7.35. The molecule has 0 amide bonds. The Kier molecular flexibility index (Phi) is 4.02. The van der Waals surface area contributed by atoms with Crippen molar-refractivity contribution in [3.8, 4) is 5.69 Å². The molecule has 6 heteroatoms. The van der Waals surface area contributed by atoms with Crippen LogP contribution >= 0.6 is 0 Å². The van der Waals surface area contributed by atoms with E-state index < -0.39 is 0 Å². The number of Topliss-reactive ketones (excluding diaryl/α,β-unsaturated/α-hetero) is 1. The SMILES string of the molecule is [B]c1c(C)n[c-]c2c(=O)c(C(C)=O)c3n(c12)-c1ccccc1C3.[V]. The van der Waals surface area contributed by atoms with Crippen LogP contribution in [0.3, 0.4) is 0 Å². The van der Waals surface area contributed by atoms with Crippen LogP contribution < -0.4 is 10.9 Å². The van der Waals surface area contributed by atoms with E-state index in [0.717, 1.165) is 11.3 Å². The first-order valence-electron chi connectivity index (χ1n) is 7.35. The van der Waals surface area contributed by atoms with Gasteiger partial charge < -0.3 is 14.3 Å². The molecule has 3 heterocycles. The molecule has 1 aliphatic heterocycles. The zero-order chi connectivity index (χ0) is 16.3. The smallest absolute Gasteiger partial charge is 0.156 e. The van der Waals surface area contributed by atoms with Crippen LogP contribution in [0.5, 0.6) is 0 Å². The van der Waals surface area contributed by atoms with Gasteiger partial charge in [-0.2, -0.15) is 0 Å². The Hall–Kier alpha value is -2.10. The molecule has 0 saturated carbocycles. The number of carbonyl (C=O) groups excluding carboxylic acids is 1. The van der Waals surface area contributed by atoms with Crippen molar-refractivity contribution < 1.29 is 23.4 Å². The second-order valence-electron chi connectivity index (χ2n) is 5.79. The molecular weight excluding hydrogens is 338 g/mol. The second kappa shape index (κ2) is 5.76. The van der Waals surface area contributed by atoms with Crippen LogP contribution in [-0.2, 0) is 25.0 Å². The van der Waals surface area contributed by atoms with Crippen molar-refractivity contribution in [1.82, 2.24) is 9.55 Å². The van der Waals surface area contributed by atoms with Gasteiger partial charge >= 0.3 is 0 Å². The van der Waals surface area contributed by atoms with Crippen LogP contribution in [0.25, 0.3) is 16.6 Å². The summed E-state index contributed by atoms with van der Waals surface area (Å²) in [6.07, 6.45) is 3.31. The molecule has 0 N–H and O–H groups in total. The minimum atomic E-state index is -0.342. The number of fused-ring (bicyclic) bond motifs is 5. The topological polar surface area (TPSA) is 52.0 Å². The average Bonchev–Trinajstić information content (AvgIpc) is 2.89. The maximum atomic E-state index is 12.8. The van der Waals surface area contributed by atoms with Crippen molar-refractivity contribution in [2.75, 3.05) is 0 Å². The predicted octanol–water partition coefficient (Wildman–Crippen LogP) is 1.39. The van der Waals surface area contributed by atoms with Gasteiger partial charge in [0.15, 0.2) is 5.78 Å². The minimum absolute atomic E-state index is 0. The van der Waals surface area contributed by atoms with Crippen LogP contribution in [-0.4, -0.2) is 23.2 Å². The molecule has 0 aliphatic carbocycles. The van der Waals surface area contributed by atoms with E-state index in [1.807, 2.05) is 28.8 Å². The number of pyridine rings is 2. The Balaban J connectivity index is 0.00000169. The first kappa shape index (κ1) is 16.7. The van der Waals surface area contributed by atoms with Crippen LogP contribution in [0, 0.1) is 13.1 Å². The number of ketones is 1. The third-order valence-corrected chi connectivity index (χ3v) is 4.40. The minimum Gasteiger partial charge on any atom is -0.357 e. The summed E-state index contributed by atoms with van der Waals surface area (Å²) < 4.78 is 1.92. The fourth-order valence-corrected chi connectivity index (χ4v) is 3.31. The molecule has 4 rings (SSSR count). The molecule has 0 fully saturated rings. The van der Waals surface area contributed by atoms with E-state index in [1.165, 1.54) is 6.92 Å². The molecule has 3 radical (unpaired) electrons. The van der Waals surface area contributed by atoms with Crippen LogP contribution in [0.2, 0.25) is 0 Å². The van der Waals surface area contributed by atoms with Gasteiger partial charge in [0.2, 0.25) is 0 Å². The summed E-state index contributed by atoms with van der Waals surface area (Å²) in [7, 11) is 6.22. The Morgan fingerprint density at radius 1 is 1.33 bits per heavy atom. The number of benzene rings is 1. The number of rotatable bonds is 1. The monoisotopic (exact) mass is 350 g/mol. The van der Waals surface area contributed by atoms with E-state index in [9.17, 15) is 9.59 Å². The number of carbonyl (C=O) groups is 1. The van der Waals surface area contributed by atoms with Crippen molar-refractivity contribution in [3.05, 3.63) is 63.2 Å². The van der Waals surface area contributed by atoms with Crippen LogP contribution in [0.15, 0.2) is 29.1 Å². The summed E-state index contributed by atoms with van der Waals surface area (Å²) in [5.74, 6) is -0.249. The molecule has 1 aromatic carbocycles. The molecule has 0 spiro atoms. The Bertz CT molecular complexity index is 1070. The molecule has 2 aromatic heterocycles. The molecular formula is C18H12BN2O2V-. The molecule has 4 nitrogen and oxygen atoms in total. The van der Waals surface area contributed by atoms with E-state index in [4.69, 9.17) is 7.85 Å². The van der Waals surface area contributed by atoms with Gasteiger partial charge in [0.1, 0.15) is 5.43 Å². The van der Waals surface area contributed by atoms with Gasteiger partial charge in [0.05, 0.1) is 7.85 Å². The van der Waals surface area contributed by atoms with E-state index in [0.29, 0.717) is 28.8 Å². The maximum Gasteiger partial charge on any atom is 0.156 e. The summed E-state index contributed by atoms with van der Waals surface area (Å²) in [5, 5.41) is 0.263. The van der Waals surface area contributed by atoms with E-state index in [1.54, 1.807) is 6.92 Å². The molecule has 115 valence electrons. The number of aryl methyl sites for hydroxylation is 1. The molecule has 0 atom stereocenters. The first-order chi connectivity index (χ1) is 11.0.